The predicted molar refractivity (Wildman–Crippen MR) is 139 cm³/mol. The number of amides is 1. The van der Waals surface area contributed by atoms with Crippen LogP contribution >= 0.6 is 0 Å². The minimum Gasteiger partial charge on any atom is -0.457 e. The average Bonchev–Trinajstić information content (AvgIpc) is 2.92. The summed E-state index contributed by atoms with van der Waals surface area (Å²) in [7, 11) is 0. The number of nitrogens with zero attached hydrogens (tertiary/aromatic N) is 1. The lowest BCUT2D eigenvalue weighted by Crippen LogP contribution is -2.34. The highest BCUT2D eigenvalue weighted by atomic mass is 19.4. The topological polar surface area (TPSA) is 62.4 Å². The van der Waals surface area contributed by atoms with Crippen molar-refractivity contribution < 1.29 is 22.7 Å². The molecule has 38 heavy (non-hydrogen) atoms. The Morgan fingerprint density at radius 3 is 2.21 bits per heavy atom. The zero-order valence-corrected chi connectivity index (χ0v) is 19.9. The molecule has 4 aromatic carbocycles. The van der Waals surface area contributed by atoms with Gasteiger partial charge in [-0.15, -0.1) is 0 Å². The van der Waals surface area contributed by atoms with Gasteiger partial charge in [0.1, 0.15) is 17.1 Å². The van der Waals surface area contributed by atoms with Crippen LogP contribution in [-0.2, 0) is 12.7 Å². The quantitative estimate of drug-likeness (QED) is 0.261. The summed E-state index contributed by atoms with van der Waals surface area (Å²) in [6.45, 7) is -0.0714. The van der Waals surface area contributed by atoms with E-state index >= 15 is 0 Å². The van der Waals surface area contributed by atoms with Gasteiger partial charge in [-0.25, -0.2) is 0 Å². The number of H-pyrrole nitrogens is 1. The van der Waals surface area contributed by atoms with Crippen molar-refractivity contribution in [2.75, 3.05) is 4.90 Å². The van der Waals surface area contributed by atoms with Crippen LogP contribution < -0.4 is 15.2 Å². The van der Waals surface area contributed by atoms with Gasteiger partial charge < -0.3 is 14.6 Å². The van der Waals surface area contributed by atoms with Crippen LogP contribution in [0.5, 0.6) is 11.5 Å². The summed E-state index contributed by atoms with van der Waals surface area (Å²) in [6, 6.07) is 28.9. The van der Waals surface area contributed by atoms with Gasteiger partial charge in [-0.2, -0.15) is 13.2 Å². The maximum atomic E-state index is 13.7. The second-order valence-electron chi connectivity index (χ2n) is 8.60. The number of para-hydroxylation sites is 2. The molecular formula is C30H21F3N2O3. The van der Waals surface area contributed by atoms with Crippen molar-refractivity contribution in [2.45, 2.75) is 12.7 Å². The summed E-state index contributed by atoms with van der Waals surface area (Å²) in [4.78, 5) is 30.3. The Labute approximate surface area is 215 Å². The summed E-state index contributed by atoms with van der Waals surface area (Å²) < 4.78 is 46.2. The van der Waals surface area contributed by atoms with Gasteiger partial charge in [-0.05, 0) is 65.5 Å². The highest BCUT2D eigenvalue weighted by Gasteiger charge is 2.31. The van der Waals surface area contributed by atoms with Crippen LogP contribution in [0.25, 0.3) is 10.9 Å². The molecule has 1 N–H and O–H groups in total. The van der Waals surface area contributed by atoms with Gasteiger partial charge in [0.05, 0.1) is 12.1 Å². The van der Waals surface area contributed by atoms with Gasteiger partial charge >= 0.3 is 6.18 Å². The van der Waals surface area contributed by atoms with Crippen molar-refractivity contribution in [1.82, 2.24) is 4.98 Å². The molecule has 0 aliphatic carbocycles. The highest BCUT2D eigenvalue weighted by Crippen LogP contribution is 2.33. The number of alkyl halides is 3. The molecule has 5 aromatic rings. The fourth-order valence-corrected chi connectivity index (χ4v) is 4.05. The molecular weight excluding hydrogens is 493 g/mol. The van der Waals surface area contributed by atoms with Gasteiger partial charge in [0.25, 0.3) is 11.5 Å². The first-order valence-electron chi connectivity index (χ1n) is 11.7. The number of carbonyl (C=O) groups excluding carboxylic acids is 1. The monoisotopic (exact) mass is 514 g/mol. The molecule has 0 fully saturated rings. The van der Waals surface area contributed by atoms with E-state index in [2.05, 4.69) is 4.98 Å². The fraction of sp³-hybridized carbons (Fsp3) is 0.0667. The number of hydrogen-bond donors (Lipinski definition) is 1. The number of carbonyl (C=O) groups is 1. The molecule has 0 unspecified atom stereocenters. The third kappa shape index (κ3) is 5.44. The zero-order chi connectivity index (χ0) is 26.7. The molecule has 0 radical (unpaired) electrons. The molecule has 190 valence electrons. The number of anilines is 1. The molecule has 0 atom stereocenters. The Bertz CT molecular complexity index is 1650. The first kappa shape index (κ1) is 24.8. The SMILES string of the molecule is O=C(c1cc2ccccc2[nH]c1=O)N(Cc1ccc(Oc2ccccc2)cc1)c1cccc(C(F)(F)F)c1. The van der Waals surface area contributed by atoms with Gasteiger partial charge in [0.2, 0.25) is 0 Å². The maximum absolute atomic E-state index is 13.7. The van der Waals surface area contributed by atoms with E-state index < -0.39 is 23.2 Å². The molecule has 0 aliphatic rings. The number of aromatic amines is 1. The van der Waals surface area contributed by atoms with E-state index in [9.17, 15) is 22.8 Å². The van der Waals surface area contributed by atoms with Crippen LogP contribution in [0.3, 0.4) is 0 Å². The number of nitrogens with one attached hydrogen (secondary N) is 1. The Morgan fingerprint density at radius 2 is 1.47 bits per heavy atom. The molecule has 0 saturated carbocycles. The van der Waals surface area contributed by atoms with Gasteiger partial charge in [0.15, 0.2) is 0 Å². The van der Waals surface area contributed by atoms with Crippen LogP contribution in [0.4, 0.5) is 18.9 Å². The number of aromatic nitrogens is 1. The smallest absolute Gasteiger partial charge is 0.416 e. The number of hydrogen-bond acceptors (Lipinski definition) is 3. The van der Waals surface area contributed by atoms with E-state index in [1.165, 1.54) is 23.1 Å². The number of fused-ring (bicyclic) bond motifs is 1. The van der Waals surface area contributed by atoms with E-state index in [-0.39, 0.29) is 17.8 Å². The Hall–Kier alpha value is -4.85. The van der Waals surface area contributed by atoms with E-state index in [0.29, 0.717) is 28.0 Å². The first-order valence-corrected chi connectivity index (χ1v) is 11.7. The normalized spacial score (nSPS) is 11.3. The Kier molecular flexibility index (Phi) is 6.70. The number of benzene rings is 4. The average molecular weight is 515 g/mol. The minimum absolute atomic E-state index is 0.0157. The third-order valence-electron chi connectivity index (χ3n) is 5.96. The molecule has 5 rings (SSSR count). The lowest BCUT2D eigenvalue weighted by Gasteiger charge is -2.24. The molecule has 1 aromatic heterocycles. The molecule has 1 amide bonds. The zero-order valence-electron chi connectivity index (χ0n) is 19.9. The van der Waals surface area contributed by atoms with Crippen molar-refractivity contribution in [3.05, 3.63) is 136 Å². The number of rotatable bonds is 6. The van der Waals surface area contributed by atoms with Crippen molar-refractivity contribution in [2.24, 2.45) is 0 Å². The van der Waals surface area contributed by atoms with Crippen molar-refractivity contribution in [3.63, 3.8) is 0 Å². The number of halogens is 3. The summed E-state index contributed by atoms with van der Waals surface area (Å²) >= 11 is 0. The van der Waals surface area contributed by atoms with Crippen LogP contribution in [0.15, 0.2) is 114 Å². The molecule has 5 nitrogen and oxygen atoms in total. The van der Waals surface area contributed by atoms with Gasteiger partial charge in [0, 0.05) is 11.2 Å². The fourth-order valence-electron chi connectivity index (χ4n) is 4.05. The third-order valence-corrected chi connectivity index (χ3v) is 5.96. The lowest BCUT2D eigenvalue weighted by molar-refractivity contribution is -0.137. The molecule has 8 heteroatoms. The van der Waals surface area contributed by atoms with Gasteiger partial charge in [-0.3, -0.25) is 9.59 Å². The second-order valence-corrected chi connectivity index (χ2v) is 8.60. The molecule has 0 bridgehead atoms. The van der Waals surface area contributed by atoms with Crippen molar-refractivity contribution >= 4 is 22.5 Å². The van der Waals surface area contributed by atoms with E-state index in [1.807, 2.05) is 30.3 Å². The van der Waals surface area contributed by atoms with Crippen LogP contribution in [-0.4, -0.2) is 10.9 Å². The standard InChI is InChI=1S/C30H21F3N2O3/c31-30(32,33)22-8-6-9-23(18-22)35(29(37)26-17-21-7-4-5-12-27(21)34-28(26)36)19-20-13-15-25(16-14-20)38-24-10-2-1-3-11-24/h1-18H,19H2,(H,34,36). The van der Waals surface area contributed by atoms with Crippen LogP contribution in [0.1, 0.15) is 21.5 Å². The van der Waals surface area contributed by atoms with E-state index in [0.717, 1.165) is 12.1 Å². The summed E-state index contributed by atoms with van der Waals surface area (Å²) in [6.07, 6.45) is -4.60. The number of ether oxygens (including phenoxy) is 1. The first-order chi connectivity index (χ1) is 18.3. The van der Waals surface area contributed by atoms with E-state index in [1.54, 1.807) is 48.5 Å². The minimum atomic E-state index is -4.60. The lowest BCUT2D eigenvalue weighted by atomic mass is 10.1. The largest absolute Gasteiger partial charge is 0.457 e. The molecule has 0 spiro atoms. The molecule has 0 saturated heterocycles. The highest BCUT2D eigenvalue weighted by molar-refractivity contribution is 6.07. The Morgan fingerprint density at radius 1 is 0.789 bits per heavy atom. The predicted octanol–water partition coefficient (Wildman–Crippen LogP) is 7.19. The van der Waals surface area contributed by atoms with E-state index in [4.69, 9.17) is 4.74 Å². The molecule has 0 aliphatic heterocycles. The van der Waals surface area contributed by atoms with Crippen LogP contribution in [0.2, 0.25) is 0 Å². The Balaban J connectivity index is 1.51. The molecule has 1 heterocycles. The second kappa shape index (κ2) is 10.3. The van der Waals surface area contributed by atoms with Crippen LogP contribution in [0, 0.1) is 0 Å². The van der Waals surface area contributed by atoms with Crippen molar-refractivity contribution in [3.8, 4) is 11.5 Å². The summed E-state index contributed by atoms with van der Waals surface area (Å²) in [5, 5.41) is 0.627. The van der Waals surface area contributed by atoms with Gasteiger partial charge in [-0.1, -0.05) is 54.6 Å². The maximum Gasteiger partial charge on any atom is 0.416 e. The summed E-state index contributed by atoms with van der Waals surface area (Å²) in [5.74, 6) is 0.486. The number of pyridine rings is 1. The summed E-state index contributed by atoms with van der Waals surface area (Å²) in [5.41, 5.74) is -0.502. The van der Waals surface area contributed by atoms with Crippen molar-refractivity contribution in [1.29, 1.82) is 0 Å².